The predicted molar refractivity (Wildman–Crippen MR) is 61.7 cm³/mol. The molecule has 0 heteroatoms. The Morgan fingerprint density at radius 2 is 1.69 bits per heavy atom. The Morgan fingerprint density at radius 3 is 2.31 bits per heavy atom. The van der Waals surface area contributed by atoms with Crippen LogP contribution in [0.25, 0.3) is 0 Å². The fourth-order valence-electron chi connectivity index (χ4n) is 1.56. The van der Waals surface area contributed by atoms with Gasteiger partial charge in [-0.3, -0.25) is 0 Å². The first-order valence-electron chi connectivity index (χ1n) is 5.73. The summed E-state index contributed by atoms with van der Waals surface area (Å²) in [5, 5.41) is 0. The molecule has 0 aliphatic carbocycles. The van der Waals surface area contributed by atoms with Crippen LogP contribution in [0.4, 0.5) is 0 Å². The molecular formula is C13H25. The Bertz CT molecular complexity index is 105. The van der Waals surface area contributed by atoms with Crippen LogP contribution in [0.1, 0.15) is 65.2 Å². The molecule has 0 bridgehead atoms. The molecule has 0 fully saturated rings. The van der Waals surface area contributed by atoms with Gasteiger partial charge in [0.1, 0.15) is 0 Å². The molecule has 0 nitrogen and oxygen atoms in total. The molecule has 0 aliphatic heterocycles. The van der Waals surface area contributed by atoms with Crippen molar-refractivity contribution < 1.29 is 0 Å². The molecule has 0 saturated carbocycles. The Labute approximate surface area is 84.4 Å². The van der Waals surface area contributed by atoms with Crippen molar-refractivity contribution in [2.45, 2.75) is 65.2 Å². The van der Waals surface area contributed by atoms with E-state index in [9.17, 15) is 0 Å². The summed E-state index contributed by atoms with van der Waals surface area (Å²) in [6, 6.07) is 0. The van der Waals surface area contributed by atoms with Crippen molar-refractivity contribution in [1.82, 2.24) is 0 Å². The molecule has 0 unspecified atom stereocenters. The summed E-state index contributed by atoms with van der Waals surface area (Å²) in [4.78, 5) is 0. The minimum Gasteiger partial charge on any atom is -0.103 e. The van der Waals surface area contributed by atoms with Crippen molar-refractivity contribution in [2.75, 3.05) is 0 Å². The minimum atomic E-state index is 1.11. The average molecular weight is 181 g/mol. The van der Waals surface area contributed by atoms with Gasteiger partial charge in [-0.05, 0) is 18.8 Å². The van der Waals surface area contributed by atoms with E-state index in [1.54, 1.807) is 5.92 Å². The van der Waals surface area contributed by atoms with Crippen molar-refractivity contribution in [3.8, 4) is 0 Å². The van der Waals surface area contributed by atoms with Crippen LogP contribution in [0.5, 0.6) is 0 Å². The van der Waals surface area contributed by atoms with E-state index in [4.69, 9.17) is 0 Å². The summed E-state index contributed by atoms with van der Waals surface area (Å²) in [5.74, 6) is 1.59. The molecule has 0 aliphatic rings. The van der Waals surface area contributed by atoms with Gasteiger partial charge in [0.2, 0.25) is 0 Å². The van der Waals surface area contributed by atoms with Gasteiger partial charge in [0, 0.05) is 0 Å². The van der Waals surface area contributed by atoms with E-state index in [0.717, 1.165) is 6.42 Å². The van der Waals surface area contributed by atoms with E-state index in [-0.39, 0.29) is 0 Å². The van der Waals surface area contributed by atoms with E-state index in [1.807, 2.05) is 6.08 Å². The molecule has 0 N–H and O–H groups in total. The maximum absolute atomic E-state index is 3.75. The highest BCUT2D eigenvalue weighted by atomic mass is 14.0. The standard InChI is InChI=1S/C13H25/c1-4-6-7-8-9-10-12-13(3)11-5-2/h5H,2,4,6-12H2,1,3H3. The van der Waals surface area contributed by atoms with Crippen molar-refractivity contribution in [1.29, 1.82) is 0 Å². The van der Waals surface area contributed by atoms with E-state index < -0.39 is 0 Å². The molecule has 0 saturated heterocycles. The van der Waals surface area contributed by atoms with Crippen LogP contribution in [0, 0.1) is 5.92 Å². The van der Waals surface area contributed by atoms with Gasteiger partial charge in [-0.15, -0.1) is 6.58 Å². The molecule has 0 atom stereocenters. The summed E-state index contributed by atoms with van der Waals surface area (Å²) in [6.07, 6.45) is 12.8. The second-order valence-electron chi connectivity index (χ2n) is 3.97. The first-order chi connectivity index (χ1) is 6.31. The minimum absolute atomic E-state index is 1.11. The highest BCUT2D eigenvalue weighted by Gasteiger charge is 1.98. The van der Waals surface area contributed by atoms with Crippen LogP contribution >= 0.6 is 0 Å². The second kappa shape index (κ2) is 9.83. The monoisotopic (exact) mass is 181 g/mol. The Balaban J connectivity index is 3.01. The number of hydrogen-bond donors (Lipinski definition) is 0. The molecule has 0 heterocycles. The highest BCUT2D eigenvalue weighted by Crippen LogP contribution is 2.16. The van der Waals surface area contributed by atoms with Gasteiger partial charge < -0.3 is 0 Å². The molecule has 13 heavy (non-hydrogen) atoms. The van der Waals surface area contributed by atoms with Crippen LogP contribution in [0.3, 0.4) is 0 Å². The van der Waals surface area contributed by atoms with Gasteiger partial charge >= 0.3 is 0 Å². The van der Waals surface area contributed by atoms with E-state index in [2.05, 4.69) is 20.4 Å². The lowest BCUT2D eigenvalue weighted by Crippen LogP contribution is -1.89. The smallest absolute Gasteiger partial charge is 0.0235 e. The fraction of sp³-hybridized carbons (Fsp3) is 0.769. The third-order valence-electron chi connectivity index (χ3n) is 2.45. The lowest BCUT2D eigenvalue weighted by Gasteiger charge is -2.06. The third kappa shape index (κ3) is 9.66. The molecule has 0 amide bonds. The zero-order valence-electron chi connectivity index (χ0n) is 9.44. The lowest BCUT2D eigenvalue weighted by molar-refractivity contribution is 0.590. The number of hydrogen-bond acceptors (Lipinski definition) is 0. The van der Waals surface area contributed by atoms with E-state index >= 15 is 0 Å². The number of allylic oxidation sites excluding steroid dienone is 1. The van der Waals surface area contributed by atoms with E-state index in [1.165, 1.54) is 44.9 Å². The molecule has 0 rings (SSSR count). The summed E-state index contributed by atoms with van der Waals surface area (Å²) in [5.41, 5.74) is 0. The van der Waals surface area contributed by atoms with Gasteiger partial charge in [-0.25, -0.2) is 0 Å². The predicted octanol–water partition coefficient (Wildman–Crippen LogP) is 4.91. The normalized spacial score (nSPS) is 10.7. The summed E-state index contributed by atoms with van der Waals surface area (Å²) in [7, 11) is 0. The largest absolute Gasteiger partial charge is 0.103 e. The first kappa shape index (κ1) is 12.7. The molecule has 0 aromatic heterocycles. The van der Waals surface area contributed by atoms with Crippen molar-refractivity contribution in [3.63, 3.8) is 0 Å². The first-order valence-corrected chi connectivity index (χ1v) is 5.73. The van der Waals surface area contributed by atoms with Gasteiger partial charge in [0.15, 0.2) is 0 Å². The maximum atomic E-state index is 3.75. The Hall–Kier alpha value is -0.260. The highest BCUT2D eigenvalue weighted by molar-refractivity contribution is 4.90. The SMILES string of the molecule is C=CC[C](C)CCCCCCCC. The Kier molecular flexibility index (Phi) is 9.63. The van der Waals surface area contributed by atoms with Crippen molar-refractivity contribution in [3.05, 3.63) is 18.6 Å². The average Bonchev–Trinajstić information content (AvgIpc) is 2.11. The fourth-order valence-corrected chi connectivity index (χ4v) is 1.56. The number of rotatable bonds is 9. The summed E-state index contributed by atoms with van der Waals surface area (Å²) >= 11 is 0. The van der Waals surface area contributed by atoms with Crippen LogP contribution in [0.2, 0.25) is 0 Å². The van der Waals surface area contributed by atoms with E-state index in [0.29, 0.717) is 0 Å². The quantitative estimate of drug-likeness (QED) is 0.350. The van der Waals surface area contributed by atoms with Crippen molar-refractivity contribution in [2.24, 2.45) is 0 Å². The molecule has 0 spiro atoms. The molecule has 0 aromatic carbocycles. The van der Waals surface area contributed by atoms with Gasteiger partial charge in [-0.1, -0.05) is 58.4 Å². The van der Waals surface area contributed by atoms with Gasteiger partial charge in [0.05, 0.1) is 0 Å². The Morgan fingerprint density at radius 1 is 1.08 bits per heavy atom. The lowest BCUT2D eigenvalue weighted by atomic mass is 9.99. The maximum Gasteiger partial charge on any atom is -0.0235 e. The van der Waals surface area contributed by atoms with Crippen LogP contribution in [-0.2, 0) is 0 Å². The third-order valence-corrected chi connectivity index (χ3v) is 2.45. The molecule has 1 radical (unpaired) electrons. The molecule has 0 aromatic rings. The van der Waals surface area contributed by atoms with Crippen molar-refractivity contribution >= 4 is 0 Å². The molecular weight excluding hydrogens is 156 g/mol. The zero-order chi connectivity index (χ0) is 9.94. The second-order valence-corrected chi connectivity index (χ2v) is 3.97. The van der Waals surface area contributed by atoms with Gasteiger partial charge in [-0.2, -0.15) is 0 Å². The summed E-state index contributed by atoms with van der Waals surface area (Å²) < 4.78 is 0. The zero-order valence-corrected chi connectivity index (χ0v) is 9.44. The summed E-state index contributed by atoms with van der Waals surface area (Å²) in [6.45, 7) is 8.26. The van der Waals surface area contributed by atoms with Crippen LogP contribution in [-0.4, -0.2) is 0 Å². The molecule has 77 valence electrons. The number of unbranched alkanes of at least 4 members (excludes halogenated alkanes) is 5. The topological polar surface area (TPSA) is 0 Å². The van der Waals surface area contributed by atoms with Crippen LogP contribution < -0.4 is 0 Å². The van der Waals surface area contributed by atoms with Gasteiger partial charge in [0.25, 0.3) is 0 Å². The van der Waals surface area contributed by atoms with Crippen LogP contribution in [0.15, 0.2) is 12.7 Å².